The van der Waals surface area contributed by atoms with E-state index in [9.17, 15) is 9.90 Å². The van der Waals surface area contributed by atoms with Crippen LogP contribution in [0.3, 0.4) is 0 Å². The van der Waals surface area contributed by atoms with Crippen molar-refractivity contribution < 1.29 is 14.3 Å². The number of furan rings is 1. The summed E-state index contributed by atoms with van der Waals surface area (Å²) in [4.78, 5) is 22.6. The molecule has 0 aromatic carbocycles. The lowest BCUT2D eigenvalue weighted by atomic mass is 10.0. The van der Waals surface area contributed by atoms with Crippen molar-refractivity contribution in [2.45, 2.75) is 32.8 Å². The van der Waals surface area contributed by atoms with Crippen LogP contribution in [0.5, 0.6) is 0 Å². The molecule has 8 heteroatoms. The topological polar surface area (TPSA) is 103 Å². The summed E-state index contributed by atoms with van der Waals surface area (Å²) >= 11 is 0. The van der Waals surface area contributed by atoms with E-state index in [1.807, 2.05) is 38.1 Å². The van der Waals surface area contributed by atoms with Gasteiger partial charge in [-0.05, 0) is 45.0 Å². The number of aryl methyl sites for hydroxylation is 1. The fraction of sp³-hybridized carbons (Fsp3) is 0.476. The number of hydrogen-bond acceptors (Lipinski definition) is 5. The maximum atomic E-state index is 12.4. The first-order valence-corrected chi connectivity index (χ1v) is 9.77. The molecule has 0 aliphatic carbocycles. The van der Waals surface area contributed by atoms with E-state index in [0.29, 0.717) is 31.2 Å². The standard InChI is InChI=1S/C21H31N5O3/c1-5-22-20(25-15-21(3,28)18-10-9-16(2)29-18)24-14-19(27)26(4)13-11-17-8-6-7-12-23-17/h6-10,12,28H,5,11,13-15H2,1-4H3,(H2,22,24,25). The highest BCUT2D eigenvalue weighted by Gasteiger charge is 2.27. The average molecular weight is 402 g/mol. The van der Waals surface area contributed by atoms with Crippen molar-refractivity contribution in [1.29, 1.82) is 0 Å². The van der Waals surface area contributed by atoms with Gasteiger partial charge in [0.25, 0.3) is 0 Å². The Kier molecular flexibility index (Phi) is 8.21. The Morgan fingerprint density at radius 3 is 2.72 bits per heavy atom. The molecular weight excluding hydrogens is 370 g/mol. The normalized spacial score (nSPS) is 13.6. The van der Waals surface area contributed by atoms with Crippen molar-refractivity contribution in [3.8, 4) is 0 Å². The molecule has 0 aliphatic rings. The van der Waals surface area contributed by atoms with Crippen LogP contribution in [0.1, 0.15) is 31.1 Å². The molecule has 1 unspecified atom stereocenters. The molecule has 2 rings (SSSR count). The van der Waals surface area contributed by atoms with Gasteiger partial charge in [0.15, 0.2) is 5.96 Å². The summed E-state index contributed by atoms with van der Waals surface area (Å²) in [6.45, 7) is 6.84. The number of likely N-dealkylation sites (N-methyl/N-ethyl adjacent to an activating group) is 1. The van der Waals surface area contributed by atoms with Crippen molar-refractivity contribution in [2.75, 3.05) is 33.2 Å². The van der Waals surface area contributed by atoms with Gasteiger partial charge in [-0.1, -0.05) is 6.07 Å². The number of amides is 1. The van der Waals surface area contributed by atoms with Crippen LogP contribution in [0.4, 0.5) is 0 Å². The zero-order valence-corrected chi connectivity index (χ0v) is 17.6. The van der Waals surface area contributed by atoms with E-state index in [4.69, 9.17) is 4.42 Å². The zero-order valence-electron chi connectivity index (χ0n) is 17.6. The molecule has 0 radical (unpaired) electrons. The highest BCUT2D eigenvalue weighted by molar-refractivity contribution is 5.84. The Labute approximate surface area is 172 Å². The molecule has 8 nitrogen and oxygen atoms in total. The molecule has 1 amide bonds. The molecule has 29 heavy (non-hydrogen) atoms. The Bertz CT molecular complexity index is 802. The highest BCUT2D eigenvalue weighted by atomic mass is 16.4. The number of guanidine groups is 1. The number of aliphatic imine (C=N–C) groups is 1. The molecule has 0 fully saturated rings. The highest BCUT2D eigenvalue weighted by Crippen LogP contribution is 2.21. The summed E-state index contributed by atoms with van der Waals surface area (Å²) < 4.78 is 5.52. The SMILES string of the molecule is CCNC(=NCC(=O)N(C)CCc1ccccn1)NCC(C)(O)c1ccc(C)o1. The molecule has 1 atom stereocenters. The predicted molar refractivity (Wildman–Crippen MR) is 113 cm³/mol. The summed E-state index contributed by atoms with van der Waals surface area (Å²) in [7, 11) is 1.76. The molecule has 2 heterocycles. The first-order valence-electron chi connectivity index (χ1n) is 9.77. The second kappa shape index (κ2) is 10.6. The van der Waals surface area contributed by atoms with Gasteiger partial charge in [0.05, 0.1) is 6.54 Å². The minimum atomic E-state index is -1.20. The number of nitrogens with zero attached hydrogens (tertiary/aromatic N) is 3. The number of carbonyl (C=O) groups excluding carboxylic acids is 1. The summed E-state index contributed by atoms with van der Waals surface area (Å²) in [5.74, 6) is 1.58. The molecule has 158 valence electrons. The molecular formula is C21H31N5O3. The van der Waals surface area contributed by atoms with E-state index in [0.717, 1.165) is 11.5 Å². The Balaban J connectivity index is 1.87. The Hall–Kier alpha value is -2.87. The average Bonchev–Trinajstić information content (AvgIpc) is 3.16. The van der Waals surface area contributed by atoms with Crippen LogP contribution >= 0.6 is 0 Å². The van der Waals surface area contributed by atoms with E-state index in [1.54, 1.807) is 31.1 Å². The number of nitrogens with one attached hydrogen (secondary N) is 2. The van der Waals surface area contributed by atoms with Gasteiger partial charge in [0, 0.05) is 38.4 Å². The van der Waals surface area contributed by atoms with E-state index in [-0.39, 0.29) is 19.0 Å². The number of aromatic nitrogens is 1. The van der Waals surface area contributed by atoms with Crippen molar-refractivity contribution in [3.05, 3.63) is 53.7 Å². The summed E-state index contributed by atoms with van der Waals surface area (Å²) in [6, 6.07) is 9.30. The van der Waals surface area contributed by atoms with Gasteiger partial charge in [0.2, 0.25) is 5.91 Å². The quantitative estimate of drug-likeness (QED) is 0.434. The minimum Gasteiger partial charge on any atom is -0.463 e. The summed E-state index contributed by atoms with van der Waals surface area (Å²) in [5, 5.41) is 16.8. The molecule has 0 saturated heterocycles. The third kappa shape index (κ3) is 7.23. The third-order valence-electron chi connectivity index (χ3n) is 4.44. The molecule has 3 N–H and O–H groups in total. The van der Waals surface area contributed by atoms with Crippen LogP contribution in [-0.2, 0) is 16.8 Å². The Morgan fingerprint density at radius 2 is 2.10 bits per heavy atom. The summed E-state index contributed by atoms with van der Waals surface area (Å²) in [5.41, 5.74) is -0.255. The van der Waals surface area contributed by atoms with Gasteiger partial charge in [-0.3, -0.25) is 9.78 Å². The van der Waals surface area contributed by atoms with Crippen LogP contribution in [0.2, 0.25) is 0 Å². The largest absolute Gasteiger partial charge is 0.463 e. The van der Waals surface area contributed by atoms with E-state index < -0.39 is 5.60 Å². The van der Waals surface area contributed by atoms with Crippen LogP contribution in [0.25, 0.3) is 0 Å². The monoisotopic (exact) mass is 401 g/mol. The third-order valence-corrected chi connectivity index (χ3v) is 4.44. The van der Waals surface area contributed by atoms with Gasteiger partial charge in [-0.25, -0.2) is 4.99 Å². The number of rotatable bonds is 9. The van der Waals surface area contributed by atoms with Crippen LogP contribution < -0.4 is 10.6 Å². The number of carbonyl (C=O) groups is 1. The van der Waals surface area contributed by atoms with Crippen molar-refractivity contribution >= 4 is 11.9 Å². The molecule has 0 bridgehead atoms. The predicted octanol–water partition coefficient (Wildman–Crippen LogP) is 1.45. The van der Waals surface area contributed by atoms with E-state index >= 15 is 0 Å². The van der Waals surface area contributed by atoms with Gasteiger partial charge in [-0.15, -0.1) is 0 Å². The first kappa shape index (κ1) is 22.4. The van der Waals surface area contributed by atoms with E-state index in [1.165, 1.54) is 0 Å². The van der Waals surface area contributed by atoms with E-state index in [2.05, 4.69) is 20.6 Å². The minimum absolute atomic E-state index is 0.00997. The van der Waals surface area contributed by atoms with Gasteiger partial charge in [-0.2, -0.15) is 0 Å². The van der Waals surface area contributed by atoms with Crippen LogP contribution in [0, 0.1) is 6.92 Å². The molecule has 0 aliphatic heterocycles. The lowest BCUT2D eigenvalue weighted by Crippen LogP contribution is -2.45. The molecule has 2 aromatic heterocycles. The van der Waals surface area contributed by atoms with Crippen LogP contribution in [0.15, 0.2) is 45.9 Å². The maximum Gasteiger partial charge on any atom is 0.244 e. The lowest BCUT2D eigenvalue weighted by Gasteiger charge is -2.23. The number of aliphatic hydroxyl groups is 1. The van der Waals surface area contributed by atoms with Crippen molar-refractivity contribution in [2.24, 2.45) is 4.99 Å². The first-order chi connectivity index (χ1) is 13.8. The lowest BCUT2D eigenvalue weighted by molar-refractivity contribution is -0.128. The molecule has 0 spiro atoms. The second-order valence-corrected chi connectivity index (χ2v) is 7.12. The maximum absolute atomic E-state index is 12.4. The van der Waals surface area contributed by atoms with Crippen LogP contribution in [-0.4, -0.2) is 60.1 Å². The smallest absolute Gasteiger partial charge is 0.244 e. The van der Waals surface area contributed by atoms with Crippen molar-refractivity contribution in [1.82, 2.24) is 20.5 Å². The molecule has 0 saturated carbocycles. The Morgan fingerprint density at radius 1 is 1.31 bits per heavy atom. The number of pyridine rings is 1. The molecule has 2 aromatic rings. The summed E-state index contributed by atoms with van der Waals surface area (Å²) in [6.07, 6.45) is 2.44. The fourth-order valence-corrected chi connectivity index (χ4v) is 2.63. The van der Waals surface area contributed by atoms with Gasteiger partial charge >= 0.3 is 0 Å². The number of hydrogen-bond donors (Lipinski definition) is 3. The van der Waals surface area contributed by atoms with Gasteiger partial charge in [0.1, 0.15) is 23.7 Å². The zero-order chi connectivity index (χ0) is 21.3. The van der Waals surface area contributed by atoms with Crippen molar-refractivity contribution in [3.63, 3.8) is 0 Å². The van der Waals surface area contributed by atoms with Gasteiger partial charge < -0.3 is 25.1 Å². The second-order valence-electron chi connectivity index (χ2n) is 7.12. The fourth-order valence-electron chi connectivity index (χ4n) is 2.63.